The molecule has 1 amide bonds. The fourth-order valence-electron chi connectivity index (χ4n) is 2.05. The van der Waals surface area contributed by atoms with Gasteiger partial charge in [-0.2, -0.15) is 0 Å². The van der Waals surface area contributed by atoms with Crippen molar-refractivity contribution in [2.45, 2.75) is 20.4 Å². The molecule has 6 heteroatoms. The van der Waals surface area contributed by atoms with Crippen molar-refractivity contribution in [2.24, 2.45) is 10.5 Å². The molecule has 1 aromatic carbocycles. The molecule has 1 aromatic rings. The van der Waals surface area contributed by atoms with E-state index >= 15 is 0 Å². The zero-order chi connectivity index (χ0) is 15.6. The van der Waals surface area contributed by atoms with Crippen LogP contribution in [-0.4, -0.2) is 42.5 Å². The average Bonchev–Trinajstić information content (AvgIpc) is 2.66. The predicted octanol–water partition coefficient (Wildman–Crippen LogP) is 2.68. The number of benzene rings is 1. The second-order valence-electron chi connectivity index (χ2n) is 6.00. The largest absolute Gasteiger partial charge is 0.415 e. The van der Waals surface area contributed by atoms with Gasteiger partial charge in [-0.05, 0) is 31.5 Å². The summed E-state index contributed by atoms with van der Waals surface area (Å²) in [5.41, 5.74) is 0.613. The predicted molar refractivity (Wildman–Crippen MR) is 78.2 cm³/mol. The monoisotopic (exact) mass is 293 g/mol. The number of hydrogen-bond donors (Lipinski definition) is 0. The number of halogens is 1. The Labute approximate surface area is 124 Å². The molecule has 0 radical (unpaired) electrons. The van der Waals surface area contributed by atoms with Crippen LogP contribution in [0.2, 0.25) is 0 Å². The highest BCUT2D eigenvalue weighted by Crippen LogP contribution is 2.28. The van der Waals surface area contributed by atoms with Crippen molar-refractivity contribution in [3.05, 3.63) is 35.6 Å². The molecule has 1 aliphatic rings. The van der Waals surface area contributed by atoms with Gasteiger partial charge in [-0.3, -0.25) is 5.01 Å². The lowest BCUT2D eigenvalue weighted by molar-refractivity contribution is 0.162. The summed E-state index contributed by atoms with van der Waals surface area (Å²) < 4.78 is 18.2. The van der Waals surface area contributed by atoms with E-state index in [1.165, 1.54) is 17.0 Å². The molecular formula is C15H20FN3O2. The van der Waals surface area contributed by atoms with E-state index in [2.05, 4.69) is 5.10 Å². The Morgan fingerprint density at radius 2 is 2.00 bits per heavy atom. The third-order valence-electron chi connectivity index (χ3n) is 3.22. The van der Waals surface area contributed by atoms with Crippen LogP contribution < -0.4 is 0 Å². The minimum absolute atomic E-state index is 0.260. The summed E-state index contributed by atoms with van der Waals surface area (Å²) in [4.78, 5) is 13.0. The molecule has 0 saturated carbocycles. The normalized spacial score (nSPS) is 16.6. The van der Waals surface area contributed by atoms with Crippen LogP contribution in [0.25, 0.3) is 0 Å². The number of rotatable bonds is 2. The van der Waals surface area contributed by atoms with Crippen LogP contribution in [-0.2, 0) is 11.3 Å². The molecular weight excluding hydrogens is 273 g/mol. The number of ether oxygens (including phenoxy) is 1. The maximum atomic E-state index is 12.9. The van der Waals surface area contributed by atoms with Gasteiger partial charge in [-0.1, -0.05) is 12.1 Å². The molecule has 1 heterocycles. The summed E-state index contributed by atoms with van der Waals surface area (Å²) >= 11 is 0. The highest BCUT2D eigenvalue weighted by Gasteiger charge is 2.37. The Morgan fingerprint density at radius 3 is 2.57 bits per heavy atom. The Kier molecular flexibility index (Phi) is 4.16. The smallest absolute Gasteiger partial charge is 0.393 e. The fraction of sp³-hybridized carbons (Fsp3) is 0.467. The van der Waals surface area contributed by atoms with Gasteiger partial charge in [0, 0.05) is 14.1 Å². The van der Waals surface area contributed by atoms with Crippen LogP contribution in [0.3, 0.4) is 0 Å². The second-order valence-corrected chi connectivity index (χ2v) is 6.00. The highest BCUT2D eigenvalue weighted by atomic mass is 19.1. The molecule has 0 bridgehead atoms. The third-order valence-corrected chi connectivity index (χ3v) is 3.22. The summed E-state index contributed by atoms with van der Waals surface area (Å²) in [6.07, 6.45) is -0.439. The number of hydrogen-bond acceptors (Lipinski definition) is 4. The Balaban J connectivity index is 2.07. The van der Waals surface area contributed by atoms with Crippen molar-refractivity contribution in [2.75, 3.05) is 20.6 Å². The van der Waals surface area contributed by atoms with E-state index in [-0.39, 0.29) is 11.2 Å². The van der Waals surface area contributed by atoms with Crippen molar-refractivity contribution in [1.29, 1.82) is 0 Å². The van der Waals surface area contributed by atoms with Crippen molar-refractivity contribution in [3.63, 3.8) is 0 Å². The Morgan fingerprint density at radius 1 is 1.38 bits per heavy atom. The van der Waals surface area contributed by atoms with E-state index in [4.69, 9.17) is 4.74 Å². The molecule has 0 aliphatic carbocycles. The zero-order valence-electron chi connectivity index (χ0n) is 12.8. The first-order valence-electron chi connectivity index (χ1n) is 6.75. The van der Waals surface area contributed by atoms with E-state index in [1.807, 2.05) is 18.9 Å². The average molecular weight is 293 g/mol. The van der Waals surface area contributed by atoms with E-state index < -0.39 is 6.09 Å². The number of carbonyl (C=O) groups excluding carboxylic acids is 1. The number of carbonyl (C=O) groups is 1. The molecule has 0 N–H and O–H groups in total. The van der Waals surface area contributed by atoms with Crippen LogP contribution in [0.5, 0.6) is 0 Å². The molecule has 5 nitrogen and oxygen atoms in total. The van der Waals surface area contributed by atoms with Gasteiger partial charge < -0.3 is 9.64 Å². The van der Waals surface area contributed by atoms with Gasteiger partial charge in [0.2, 0.25) is 5.90 Å². The molecule has 0 atom stereocenters. The first-order valence-corrected chi connectivity index (χ1v) is 6.75. The van der Waals surface area contributed by atoms with Gasteiger partial charge in [0.1, 0.15) is 5.82 Å². The summed E-state index contributed by atoms with van der Waals surface area (Å²) in [5, 5.41) is 6.19. The molecule has 1 aliphatic heterocycles. The molecule has 0 spiro atoms. The van der Waals surface area contributed by atoms with Gasteiger partial charge in [-0.15, -0.1) is 5.10 Å². The molecule has 0 unspecified atom stereocenters. The molecule has 114 valence electrons. The van der Waals surface area contributed by atoms with Crippen molar-refractivity contribution in [1.82, 2.24) is 9.91 Å². The fourth-order valence-corrected chi connectivity index (χ4v) is 2.05. The maximum Gasteiger partial charge on any atom is 0.415 e. The number of nitrogens with zero attached hydrogens (tertiary/aromatic N) is 3. The number of hydrazone groups is 1. The van der Waals surface area contributed by atoms with Crippen LogP contribution in [0.15, 0.2) is 29.4 Å². The minimum atomic E-state index is -0.439. The number of amides is 1. The highest BCUT2D eigenvalue weighted by molar-refractivity contribution is 5.92. The quantitative estimate of drug-likeness (QED) is 0.842. The molecule has 21 heavy (non-hydrogen) atoms. The van der Waals surface area contributed by atoms with E-state index in [0.29, 0.717) is 19.0 Å². The van der Waals surface area contributed by atoms with Crippen LogP contribution >= 0.6 is 0 Å². The maximum absolute atomic E-state index is 12.9. The lowest BCUT2D eigenvalue weighted by Gasteiger charge is -2.21. The van der Waals surface area contributed by atoms with Gasteiger partial charge in [0.15, 0.2) is 0 Å². The summed E-state index contributed by atoms with van der Waals surface area (Å²) in [5.74, 6) is 0.146. The molecule has 0 fully saturated rings. The standard InChI is InChI=1S/C15H20FN3O2/c1-15(2)10-19(9-11-5-7-12(16)8-6-11)17-13(15)21-14(20)18(3)4/h5-8H,9-10H2,1-4H3. The first kappa shape index (κ1) is 15.3. The molecule has 2 rings (SSSR count). The second kappa shape index (κ2) is 5.71. The Hall–Kier alpha value is -2.11. The van der Waals surface area contributed by atoms with Gasteiger partial charge in [0.05, 0.1) is 18.5 Å². The lowest BCUT2D eigenvalue weighted by Crippen LogP contribution is -2.33. The third kappa shape index (κ3) is 3.71. The Bertz CT molecular complexity index is 553. The van der Waals surface area contributed by atoms with Crippen LogP contribution in [0.4, 0.5) is 9.18 Å². The van der Waals surface area contributed by atoms with Crippen molar-refractivity contribution in [3.8, 4) is 0 Å². The van der Waals surface area contributed by atoms with Crippen molar-refractivity contribution < 1.29 is 13.9 Å². The zero-order valence-corrected chi connectivity index (χ0v) is 12.8. The van der Waals surface area contributed by atoms with Crippen LogP contribution in [0.1, 0.15) is 19.4 Å². The van der Waals surface area contributed by atoms with Crippen molar-refractivity contribution >= 4 is 12.0 Å². The molecule has 0 aromatic heterocycles. The van der Waals surface area contributed by atoms with Gasteiger partial charge in [0.25, 0.3) is 0 Å². The van der Waals surface area contributed by atoms with E-state index in [9.17, 15) is 9.18 Å². The first-order chi connectivity index (χ1) is 9.78. The van der Waals surface area contributed by atoms with E-state index in [1.54, 1.807) is 26.2 Å². The van der Waals surface area contributed by atoms with E-state index in [0.717, 1.165) is 5.56 Å². The molecule has 0 saturated heterocycles. The summed E-state index contributed by atoms with van der Waals surface area (Å²) in [6.45, 7) is 5.13. The van der Waals surface area contributed by atoms with Crippen LogP contribution in [0, 0.1) is 11.2 Å². The topological polar surface area (TPSA) is 45.1 Å². The lowest BCUT2D eigenvalue weighted by atomic mass is 9.94. The minimum Gasteiger partial charge on any atom is -0.393 e. The summed E-state index contributed by atoms with van der Waals surface area (Å²) in [7, 11) is 3.25. The van der Waals surface area contributed by atoms with Gasteiger partial charge >= 0.3 is 6.09 Å². The van der Waals surface area contributed by atoms with Gasteiger partial charge in [-0.25, -0.2) is 9.18 Å². The SMILES string of the molecule is CN(C)C(=O)OC1=NN(Cc2ccc(F)cc2)CC1(C)C. The summed E-state index contributed by atoms with van der Waals surface area (Å²) in [6, 6.07) is 6.30.